The van der Waals surface area contributed by atoms with Crippen LogP contribution in [0.1, 0.15) is 6.92 Å². The second-order valence-corrected chi connectivity index (χ2v) is 2.81. The minimum Gasteiger partial charge on any atom is -0.478 e. The van der Waals surface area contributed by atoms with Crippen molar-refractivity contribution in [2.24, 2.45) is 0 Å². The first-order valence-corrected chi connectivity index (χ1v) is 4.57. The van der Waals surface area contributed by atoms with Crippen molar-refractivity contribution in [2.45, 2.75) is 6.92 Å². The van der Waals surface area contributed by atoms with Gasteiger partial charge in [-0.25, -0.2) is 9.67 Å². The van der Waals surface area contributed by atoms with Gasteiger partial charge in [0.05, 0.1) is 6.61 Å². The van der Waals surface area contributed by atoms with E-state index in [-0.39, 0.29) is 5.95 Å². The van der Waals surface area contributed by atoms with Crippen LogP contribution in [0.25, 0.3) is 5.82 Å². The van der Waals surface area contributed by atoms with E-state index in [1.165, 1.54) is 11.0 Å². The van der Waals surface area contributed by atoms with E-state index in [1.54, 1.807) is 12.1 Å². The Morgan fingerprint density at radius 1 is 1.47 bits per heavy atom. The third-order valence-electron chi connectivity index (χ3n) is 1.75. The van der Waals surface area contributed by atoms with Crippen LogP contribution in [-0.4, -0.2) is 26.4 Å². The van der Waals surface area contributed by atoms with E-state index in [0.29, 0.717) is 18.3 Å². The van der Waals surface area contributed by atoms with Crippen LogP contribution < -0.4 is 10.5 Å². The average Bonchev–Trinajstić information content (AvgIpc) is 2.66. The third kappa shape index (κ3) is 2.04. The summed E-state index contributed by atoms with van der Waals surface area (Å²) >= 11 is 0. The summed E-state index contributed by atoms with van der Waals surface area (Å²) < 4.78 is 6.77. The van der Waals surface area contributed by atoms with Crippen LogP contribution in [0.15, 0.2) is 24.5 Å². The smallest absolute Gasteiger partial charge is 0.239 e. The lowest BCUT2D eigenvalue weighted by Crippen LogP contribution is -2.01. The van der Waals surface area contributed by atoms with Crippen LogP contribution in [0.3, 0.4) is 0 Å². The molecule has 15 heavy (non-hydrogen) atoms. The van der Waals surface area contributed by atoms with Crippen molar-refractivity contribution in [3.05, 3.63) is 24.5 Å². The first-order valence-electron chi connectivity index (χ1n) is 4.57. The number of anilines is 1. The summed E-state index contributed by atoms with van der Waals surface area (Å²) in [6.07, 6.45) is 1.51. The van der Waals surface area contributed by atoms with E-state index >= 15 is 0 Å². The van der Waals surface area contributed by atoms with Gasteiger partial charge in [0.15, 0.2) is 5.82 Å². The number of pyridine rings is 1. The number of hydrogen-bond acceptors (Lipinski definition) is 5. The van der Waals surface area contributed by atoms with Crippen LogP contribution in [-0.2, 0) is 0 Å². The predicted octanol–water partition coefficient (Wildman–Crippen LogP) is 0.643. The minimum atomic E-state index is 0.221. The van der Waals surface area contributed by atoms with Crippen molar-refractivity contribution in [3.8, 4) is 11.7 Å². The normalized spacial score (nSPS) is 10.2. The standard InChI is InChI=1S/C9H11N5O/c1-2-15-8-5-3-4-7(12-8)14-6-11-9(10)13-14/h3-6H,2H2,1H3,(H2,10,13). The number of nitrogens with two attached hydrogens (primary N) is 1. The molecule has 0 saturated heterocycles. The van der Waals surface area contributed by atoms with Gasteiger partial charge < -0.3 is 10.5 Å². The van der Waals surface area contributed by atoms with E-state index in [1.807, 2.05) is 13.0 Å². The van der Waals surface area contributed by atoms with Gasteiger partial charge in [0.25, 0.3) is 0 Å². The summed E-state index contributed by atoms with van der Waals surface area (Å²) in [5.74, 6) is 1.41. The molecule has 0 radical (unpaired) electrons. The lowest BCUT2D eigenvalue weighted by molar-refractivity contribution is 0.326. The van der Waals surface area contributed by atoms with Crippen molar-refractivity contribution in [3.63, 3.8) is 0 Å². The Balaban J connectivity index is 2.32. The molecule has 2 rings (SSSR count). The van der Waals surface area contributed by atoms with Crippen molar-refractivity contribution < 1.29 is 4.74 Å². The fraction of sp³-hybridized carbons (Fsp3) is 0.222. The molecule has 0 fully saturated rings. The Labute approximate surface area is 86.7 Å². The number of hydrogen-bond donors (Lipinski definition) is 1. The lowest BCUT2D eigenvalue weighted by Gasteiger charge is -2.03. The Kier molecular flexibility index (Phi) is 2.49. The second kappa shape index (κ2) is 3.95. The van der Waals surface area contributed by atoms with Crippen molar-refractivity contribution in [1.82, 2.24) is 19.7 Å². The average molecular weight is 205 g/mol. The Hall–Kier alpha value is -2.11. The van der Waals surface area contributed by atoms with E-state index in [2.05, 4.69) is 15.1 Å². The highest BCUT2D eigenvalue weighted by Crippen LogP contribution is 2.10. The van der Waals surface area contributed by atoms with E-state index in [0.717, 1.165) is 0 Å². The zero-order chi connectivity index (χ0) is 10.7. The SMILES string of the molecule is CCOc1cccc(-n2cnc(N)n2)n1. The molecule has 2 N–H and O–H groups in total. The predicted molar refractivity (Wildman–Crippen MR) is 54.7 cm³/mol. The Morgan fingerprint density at radius 3 is 3.00 bits per heavy atom. The van der Waals surface area contributed by atoms with Gasteiger partial charge >= 0.3 is 0 Å². The van der Waals surface area contributed by atoms with Crippen molar-refractivity contribution in [1.29, 1.82) is 0 Å². The second-order valence-electron chi connectivity index (χ2n) is 2.81. The van der Waals surface area contributed by atoms with Crippen LogP contribution >= 0.6 is 0 Å². The summed E-state index contributed by atoms with van der Waals surface area (Å²) in [6.45, 7) is 2.48. The molecule has 2 aromatic rings. The van der Waals surface area contributed by atoms with Gasteiger partial charge in [-0.1, -0.05) is 6.07 Å². The van der Waals surface area contributed by atoms with Gasteiger partial charge in [-0.15, -0.1) is 5.10 Å². The molecule has 0 saturated carbocycles. The Morgan fingerprint density at radius 2 is 2.33 bits per heavy atom. The molecule has 0 aliphatic carbocycles. The zero-order valence-electron chi connectivity index (χ0n) is 8.29. The summed E-state index contributed by atoms with van der Waals surface area (Å²) in [5.41, 5.74) is 5.41. The van der Waals surface area contributed by atoms with Gasteiger partial charge in [0.1, 0.15) is 6.33 Å². The monoisotopic (exact) mass is 205 g/mol. The van der Waals surface area contributed by atoms with E-state index in [9.17, 15) is 0 Å². The summed E-state index contributed by atoms with van der Waals surface area (Å²) in [6, 6.07) is 5.43. The van der Waals surface area contributed by atoms with Gasteiger partial charge in [0, 0.05) is 6.07 Å². The number of rotatable bonds is 3. The molecule has 0 aliphatic heterocycles. The third-order valence-corrected chi connectivity index (χ3v) is 1.75. The highest BCUT2D eigenvalue weighted by Gasteiger charge is 2.02. The molecule has 0 aromatic carbocycles. The first-order chi connectivity index (χ1) is 7.29. The molecule has 6 nitrogen and oxygen atoms in total. The molecular weight excluding hydrogens is 194 g/mol. The van der Waals surface area contributed by atoms with Gasteiger partial charge in [-0.3, -0.25) is 0 Å². The maximum Gasteiger partial charge on any atom is 0.239 e. The van der Waals surface area contributed by atoms with Crippen LogP contribution in [0.5, 0.6) is 5.88 Å². The number of ether oxygens (including phenoxy) is 1. The molecule has 6 heteroatoms. The van der Waals surface area contributed by atoms with E-state index < -0.39 is 0 Å². The van der Waals surface area contributed by atoms with Gasteiger partial charge in [-0.05, 0) is 13.0 Å². The van der Waals surface area contributed by atoms with Crippen molar-refractivity contribution >= 4 is 5.95 Å². The molecule has 2 aromatic heterocycles. The molecule has 78 valence electrons. The van der Waals surface area contributed by atoms with Gasteiger partial charge in [0.2, 0.25) is 11.8 Å². The number of aromatic nitrogens is 4. The fourth-order valence-electron chi connectivity index (χ4n) is 1.15. The zero-order valence-corrected chi connectivity index (χ0v) is 8.29. The minimum absolute atomic E-state index is 0.221. The largest absolute Gasteiger partial charge is 0.478 e. The summed E-state index contributed by atoms with van der Waals surface area (Å²) in [7, 11) is 0. The van der Waals surface area contributed by atoms with Crippen LogP contribution in [0, 0.1) is 0 Å². The molecule has 0 bridgehead atoms. The first kappa shape index (κ1) is 9.45. The van der Waals surface area contributed by atoms with Gasteiger partial charge in [-0.2, -0.15) is 4.98 Å². The molecular formula is C9H11N5O. The molecule has 0 aliphatic rings. The Bertz CT molecular complexity index is 453. The summed E-state index contributed by atoms with van der Waals surface area (Å²) in [4.78, 5) is 8.05. The maximum absolute atomic E-state index is 5.41. The van der Waals surface area contributed by atoms with Crippen LogP contribution in [0.4, 0.5) is 5.95 Å². The van der Waals surface area contributed by atoms with E-state index in [4.69, 9.17) is 10.5 Å². The molecule has 0 spiro atoms. The molecule has 0 atom stereocenters. The summed E-state index contributed by atoms with van der Waals surface area (Å²) in [5, 5.41) is 3.95. The molecule has 2 heterocycles. The number of nitrogens with zero attached hydrogens (tertiary/aromatic N) is 4. The maximum atomic E-state index is 5.41. The topological polar surface area (TPSA) is 78.9 Å². The van der Waals surface area contributed by atoms with Crippen LogP contribution in [0.2, 0.25) is 0 Å². The fourth-order valence-corrected chi connectivity index (χ4v) is 1.15. The molecule has 0 amide bonds. The van der Waals surface area contributed by atoms with Crippen molar-refractivity contribution in [2.75, 3.05) is 12.3 Å². The lowest BCUT2D eigenvalue weighted by atomic mass is 10.4. The number of nitrogen functional groups attached to an aromatic ring is 1. The quantitative estimate of drug-likeness (QED) is 0.795. The molecule has 0 unspecified atom stereocenters. The highest BCUT2D eigenvalue weighted by molar-refractivity contribution is 5.27. The highest BCUT2D eigenvalue weighted by atomic mass is 16.5.